The van der Waals surface area contributed by atoms with E-state index in [1.54, 1.807) is 11.0 Å². The number of rotatable bonds is 8. The van der Waals surface area contributed by atoms with E-state index in [4.69, 9.17) is 0 Å². The number of carbonyl (C=O) groups excluding carboxylic acids is 1. The van der Waals surface area contributed by atoms with E-state index >= 15 is 0 Å². The molecule has 1 aliphatic carbocycles. The highest BCUT2D eigenvalue weighted by molar-refractivity contribution is 6.12. The zero-order chi connectivity index (χ0) is 28.0. The number of piperazine rings is 1. The molecular weight excluding hydrogens is 505 g/mol. The average Bonchev–Trinajstić information content (AvgIpc) is 2.82. The van der Waals surface area contributed by atoms with Gasteiger partial charge < -0.3 is 15.5 Å². The van der Waals surface area contributed by atoms with E-state index in [1.807, 2.05) is 13.8 Å². The molecule has 38 heavy (non-hydrogen) atoms. The molecule has 2 unspecified atom stereocenters. The molecule has 2 atom stereocenters. The number of nitrogens with zero attached hydrogens (tertiary/aromatic N) is 3. The van der Waals surface area contributed by atoms with Gasteiger partial charge in [0.05, 0.1) is 11.3 Å². The van der Waals surface area contributed by atoms with Crippen LogP contribution in [0.4, 0.5) is 27.8 Å². The molecule has 0 aromatic carbocycles. The van der Waals surface area contributed by atoms with Crippen molar-refractivity contribution < 1.29 is 26.7 Å². The van der Waals surface area contributed by atoms with E-state index in [-0.39, 0.29) is 46.4 Å². The Labute approximate surface area is 220 Å². The summed E-state index contributed by atoms with van der Waals surface area (Å²) in [7, 11) is 0. The molecule has 1 saturated heterocycles. The van der Waals surface area contributed by atoms with Crippen LogP contribution in [0.5, 0.6) is 0 Å². The molecule has 3 rings (SSSR count). The van der Waals surface area contributed by atoms with Gasteiger partial charge in [-0.15, -0.1) is 0 Å². The number of carbonyl (C=O) groups is 1. The predicted octanol–water partition coefficient (Wildman–Crippen LogP) is 5.81. The molecule has 6 nitrogen and oxygen atoms in total. The lowest BCUT2D eigenvalue weighted by Crippen LogP contribution is -2.50. The molecule has 2 N–H and O–H groups in total. The third-order valence-corrected chi connectivity index (χ3v) is 7.07. The van der Waals surface area contributed by atoms with E-state index in [0.29, 0.717) is 38.9 Å². The molecule has 2 aliphatic rings. The Bertz CT molecular complexity index is 1080. The predicted molar refractivity (Wildman–Crippen MR) is 139 cm³/mol. The minimum atomic E-state index is -4.67. The first kappa shape index (κ1) is 29.7. The number of anilines is 1. The number of nitrogens with one attached hydrogen (secondary N) is 2. The fraction of sp³-hybridized carbons (Fsp3) is 0.593. The SMILES string of the molecule is CC/C=C/N=C(NC(=O)C1CCC1)/C(=C(\C)c1cc(C(F)(F)F)cc(N2CCNCC2C)n1)C(C)C(F)F. The van der Waals surface area contributed by atoms with Crippen molar-refractivity contribution in [2.75, 3.05) is 24.5 Å². The van der Waals surface area contributed by atoms with Crippen LogP contribution >= 0.6 is 0 Å². The number of amides is 1. The van der Waals surface area contributed by atoms with Gasteiger partial charge in [0.25, 0.3) is 0 Å². The Morgan fingerprint density at radius 3 is 2.58 bits per heavy atom. The molecule has 0 spiro atoms. The standard InChI is InChI=1S/C27H36F5N5O/c1-5-6-10-34-25(36-26(38)19-8-7-9-19)23(18(4)24(28)29)17(3)21-13-20(27(30,31)32)14-22(35-21)37-12-11-33-15-16(37)2/h6,10,13-14,16,18-19,24,33H,5,7-9,11-12,15H2,1-4H3,(H,34,36,38)/b10-6+,23-17+. The minimum absolute atomic E-state index is 0.0421. The Kier molecular flexibility index (Phi) is 10.0. The quantitative estimate of drug-likeness (QED) is 0.248. The summed E-state index contributed by atoms with van der Waals surface area (Å²) >= 11 is 0. The number of aromatic nitrogens is 1. The van der Waals surface area contributed by atoms with E-state index in [0.717, 1.165) is 18.6 Å². The first-order chi connectivity index (χ1) is 17.9. The van der Waals surface area contributed by atoms with Gasteiger partial charge in [-0.3, -0.25) is 4.79 Å². The van der Waals surface area contributed by atoms with Gasteiger partial charge in [-0.1, -0.05) is 26.3 Å². The highest BCUT2D eigenvalue weighted by Gasteiger charge is 2.35. The largest absolute Gasteiger partial charge is 0.416 e. The van der Waals surface area contributed by atoms with Crippen molar-refractivity contribution in [3.63, 3.8) is 0 Å². The fourth-order valence-electron chi connectivity index (χ4n) is 4.49. The van der Waals surface area contributed by atoms with Gasteiger partial charge in [-0.25, -0.2) is 18.8 Å². The van der Waals surface area contributed by atoms with Crippen molar-refractivity contribution >= 4 is 23.1 Å². The molecule has 1 aliphatic heterocycles. The maximum absolute atomic E-state index is 14.1. The van der Waals surface area contributed by atoms with Gasteiger partial charge in [0.1, 0.15) is 11.7 Å². The molecule has 0 bridgehead atoms. The smallest absolute Gasteiger partial charge is 0.351 e. The van der Waals surface area contributed by atoms with E-state index in [2.05, 4.69) is 20.6 Å². The Hall–Kier alpha value is -2.82. The maximum atomic E-state index is 14.1. The summed E-state index contributed by atoms with van der Waals surface area (Å²) in [5, 5.41) is 5.89. The Morgan fingerprint density at radius 1 is 1.32 bits per heavy atom. The van der Waals surface area contributed by atoms with E-state index in [1.165, 1.54) is 20.0 Å². The molecule has 1 aromatic heterocycles. The Balaban J connectivity index is 2.20. The third kappa shape index (κ3) is 7.18. The van der Waals surface area contributed by atoms with Crippen molar-refractivity contribution in [1.29, 1.82) is 0 Å². The van der Waals surface area contributed by atoms with Crippen molar-refractivity contribution in [1.82, 2.24) is 15.6 Å². The number of aliphatic imine (C=N–C) groups is 1. The van der Waals surface area contributed by atoms with Crippen molar-refractivity contribution in [3.05, 3.63) is 41.2 Å². The van der Waals surface area contributed by atoms with Crippen LogP contribution in [0, 0.1) is 11.8 Å². The van der Waals surface area contributed by atoms with Crippen LogP contribution in [-0.4, -0.2) is 48.8 Å². The third-order valence-electron chi connectivity index (χ3n) is 7.07. The van der Waals surface area contributed by atoms with Crippen LogP contribution in [0.25, 0.3) is 5.57 Å². The van der Waals surface area contributed by atoms with Crippen molar-refractivity contribution in [3.8, 4) is 0 Å². The fourth-order valence-corrected chi connectivity index (χ4v) is 4.49. The normalized spacial score (nSPS) is 20.9. The topological polar surface area (TPSA) is 69.6 Å². The second-order valence-electron chi connectivity index (χ2n) is 9.89. The van der Waals surface area contributed by atoms with Gasteiger partial charge in [-0.05, 0) is 50.8 Å². The lowest BCUT2D eigenvalue weighted by Gasteiger charge is -2.35. The molecule has 2 fully saturated rings. The molecule has 1 amide bonds. The lowest BCUT2D eigenvalue weighted by molar-refractivity contribution is -0.137. The Morgan fingerprint density at radius 2 is 2.03 bits per heavy atom. The summed E-state index contributed by atoms with van der Waals surface area (Å²) < 4.78 is 70.1. The average molecular weight is 542 g/mol. The monoisotopic (exact) mass is 541 g/mol. The van der Waals surface area contributed by atoms with Gasteiger partial charge in [0, 0.05) is 49.3 Å². The molecule has 0 radical (unpaired) electrons. The number of alkyl halides is 5. The second kappa shape index (κ2) is 12.8. The van der Waals surface area contributed by atoms with Gasteiger partial charge in [0.2, 0.25) is 12.3 Å². The number of hydrogen-bond acceptors (Lipinski definition) is 5. The number of allylic oxidation sites excluding steroid dienone is 2. The number of halogens is 5. The van der Waals surface area contributed by atoms with Gasteiger partial charge in [0.15, 0.2) is 0 Å². The molecule has 11 heteroatoms. The van der Waals surface area contributed by atoms with Crippen LogP contribution in [0.3, 0.4) is 0 Å². The first-order valence-electron chi connectivity index (χ1n) is 13.0. The first-order valence-corrected chi connectivity index (χ1v) is 13.0. The summed E-state index contributed by atoms with van der Waals surface area (Å²) in [6.45, 7) is 8.07. The van der Waals surface area contributed by atoms with Crippen molar-refractivity contribution in [2.24, 2.45) is 16.8 Å². The maximum Gasteiger partial charge on any atom is 0.416 e. The van der Waals surface area contributed by atoms with Crippen LogP contribution < -0.4 is 15.5 Å². The van der Waals surface area contributed by atoms with Crippen LogP contribution in [0.15, 0.2) is 35.0 Å². The van der Waals surface area contributed by atoms with Crippen molar-refractivity contribution in [2.45, 2.75) is 72.0 Å². The van der Waals surface area contributed by atoms with E-state index in [9.17, 15) is 26.7 Å². The summed E-state index contributed by atoms with van der Waals surface area (Å²) in [4.78, 5) is 23.4. The van der Waals surface area contributed by atoms with E-state index < -0.39 is 24.1 Å². The molecule has 1 aromatic rings. The van der Waals surface area contributed by atoms with Gasteiger partial charge >= 0.3 is 6.18 Å². The molecular formula is C27H36F5N5O. The number of hydrogen-bond donors (Lipinski definition) is 2. The summed E-state index contributed by atoms with van der Waals surface area (Å²) in [6, 6.07) is 1.75. The zero-order valence-electron chi connectivity index (χ0n) is 22.2. The van der Waals surface area contributed by atoms with Gasteiger partial charge in [-0.2, -0.15) is 13.2 Å². The van der Waals surface area contributed by atoms with Crippen LogP contribution in [0.2, 0.25) is 0 Å². The highest BCUT2D eigenvalue weighted by Crippen LogP contribution is 2.36. The minimum Gasteiger partial charge on any atom is -0.351 e. The molecule has 2 heterocycles. The summed E-state index contributed by atoms with van der Waals surface area (Å²) in [5.41, 5.74) is -0.951. The second-order valence-corrected chi connectivity index (χ2v) is 9.89. The lowest BCUT2D eigenvalue weighted by atomic mass is 9.84. The number of amidine groups is 1. The van der Waals surface area contributed by atoms with Crippen LogP contribution in [-0.2, 0) is 11.0 Å². The zero-order valence-corrected chi connectivity index (χ0v) is 22.2. The molecule has 1 saturated carbocycles. The summed E-state index contributed by atoms with van der Waals surface area (Å²) in [6.07, 6.45) is -1.51. The highest BCUT2D eigenvalue weighted by atomic mass is 19.4. The summed E-state index contributed by atoms with van der Waals surface area (Å²) in [5.74, 6) is -1.98. The molecule has 210 valence electrons. The number of pyridine rings is 1. The van der Waals surface area contributed by atoms with Crippen LogP contribution in [0.1, 0.15) is 64.6 Å².